The summed E-state index contributed by atoms with van der Waals surface area (Å²) in [4.78, 5) is 12.3. The Labute approximate surface area is 186 Å². The Morgan fingerprint density at radius 2 is 2.00 bits per heavy atom. The third kappa shape index (κ3) is 5.65. The van der Waals surface area contributed by atoms with Gasteiger partial charge in [0.2, 0.25) is 5.91 Å². The Morgan fingerprint density at radius 3 is 2.71 bits per heavy atom. The van der Waals surface area contributed by atoms with Crippen LogP contribution < -0.4 is 10.1 Å². The first-order valence-corrected chi connectivity index (χ1v) is 11.4. The van der Waals surface area contributed by atoms with Crippen molar-refractivity contribution in [2.45, 2.75) is 30.5 Å². The van der Waals surface area contributed by atoms with Crippen LogP contribution in [-0.2, 0) is 16.0 Å². The molecule has 1 atom stereocenters. The molecule has 2 heterocycles. The number of thioether (sulfide) groups is 1. The molecule has 162 valence electrons. The Morgan fingerprint density at radius 1 is 1.19 bits per heavy atom. The lowest BCUT2D eigenvalue weighted by atomic mass is 10.1. The highest BCUT2D eigenvalue weighted by atomic mass is 32.2. The molecule has 4 rings (SSSR count). The molecule has 1 N–H and O–H groups in total. The van der Waals surface area contributed by atoms with Crippen molar-refractivity contribution in [1.82, 2.24) is 20.1 Å². The molecule has 0 bridgehead atoms. The maximum Gasteiger partial charge on any atom is 0.230 e. The predicted octanol–water partition coefficient (Wildman–Crippen LogP) is 3.25. The molecule has 31 heavy (non-hydrogen) atoms. The monoisotopic (exact) mass is 438 g/mol. The number of hydrogen-bond donors (Lipinski definition) is 1. The van der Waals surface area contributed by atoms with Crippen LogP contribution in [0.2, 0.25) is 0 Å². The average molecular weight is 439 g/mol. The second kappa shape index (κ2) is 10.5. The number of carbonyl (C=O) groups excluding carboxylic acids is 1. The molecule has 1 saturated heterocycles. The summed E-state index contributed by atoms with van der Waals surface area (Å²) in [5.41, 5.74) is 2.08. The van der Waals surface area contributed by atoms with Crippen LogP contribution in [0.1, 0.15) is 24.2 Å². The average Bonchev–Trinajstić information content (AvgIpc) is 3.47. The fourth-order valence-electron chi connectivity index (χ4n) is 3.49. The number of nitrogens with zero attached hydrogens (tertiary/aromatic N) is 3. The van der Waals surface area contributed by atoms with Crippen molar-refractivity contribution in [2.24, 2.45) is 0 Å². The Balaban J connectivity index is 1.49. The molecule has 8 heteroatoms. The van der Waals surface area contributed by atoms with Crippen molar-refractivity contribution in [3.05, 3.63) is 66.0 Å². The van der Waals surface area contributed by atoms with E-state index in [1.807, 2.05) is 47.0 Å². The normalized spacial score (nSPS) is 15.7. The van der Waals surface area contributed by atoms with Gasteiger partial charge in [0.25, 0.3) is 0 Å². The highest BCUT2D eigenvalue weighted by molar-refractivity contribution is 7.99. The first kappa shape index (κ1) is 21.4. The third-order valence-electron chi connectivity index (χ3n) is 5.12. The summed E-state index contributed by atoms with van der Waals surface area (Å²) in [7, 11) is 1.64. The van der Waals surface area contributed by atoms with Crippen molar-refractivity contribution in [2.75, 3.05) is 26.0 Å². The zero-order chi connectivity index (χ0) is 21.5. The number of methoxy groups -OCH3 is 1. The Kier molecular flexibility index (Phi) is 7.22. The Bertz CT molecular complexity index is 986. The third-order valence-corrected chi connectivity index (χ3v) is 6.05. The SMILES string of the molecule is COc1ccc(-n2c(Cc3ccccc3)nnc2SCC(=O)NC[C@@H]2CCCO2)cc1. The van der Waals surface area contributed by atoms with E-state index in [2.05, 4.69) is 27.6 Å². The minimum Gasteiger partial charge on any atom is -0.497 e. The van der Waals surface area contributed by atoms with Gasteiger partial charge in [0.1, 0.15) is 11.6 Å². The summed E-state index contributed by atoms with van der Waals surface area (Å²) in [5, 5.41) is 12.4. The summed E-state index contributed by atoms with van der Waals surface area (Å²) in [6, 6.07) is 17.9. The quantitative estimate of drug-likeness (QED) is 0.517. The predicted molar refractivity (Wildman–Crippen MR) is 120 cm³/mol. The molecule has 1 fully saturated rings. The van der Waals surface area contributed by atoms with Crippen molar-refractivity contribution in [3.8, 4) is 11.4 Å². The molecule has 2 aromatic carbocycles. The van der Waals surface area contributed by atoms with Crippen LogP contribution in [0.5, 0.6) is 5.75 Å². The van der Waals surface area contributed by atoms with Gasteiger partial charge >= 0.3 is 0 Å². The fraction of sp³-hybridized carbons (Fsp3) is 0.348. The highest BCUT2D eigenvalue weighted by Crippen LogP contribution is 2.25. The zero-order valence-electron chi connectivity index (χ0n) is 17.5. The second-order valence-electron chi connectivity index (χ2n) is 7.32. The number of nitrogens with one attached hydrogen (secondary N) is 1. The van der Waals surface area contributed by atoms with Gasteiger partial charge in [0.05, 0.1) is 19.0 Å². The topological polar surface area (TPSA) is 78.3 Å². The molecule has 3 aromatic rings. The zero-order valence-corrected chi connectivity index (χ0v) is 18.3. The van der Waals surface area contributed by atoms with Gasteiger partial charge in [-0.05, 0) is 42.7 Å². The van der Waals surface area contributed by atoms with Crippen molar-refractivity contribution in [3.63, 3.8) is 0 Å². The first-order chi connectivity index (χ1) is 15.2. The maximum absolute atomic E-state index is 12.3. The van der Waals surface area contributed by atoms with E-state index in [9.17, 15) is 4.79 Å². The molecule has 1 aliphatic heterocycles. The second-order valence-corrected chi connectivity index (χ2v) is 8.26. The van der Waals surface area contributed by atoms with Crippen molar-refractivity contribution in [1.29, 1.82) is 0 Å². The van der Waals surface area contributed by atoms with Crippen LogP contribution in [0.3, 0.4) is 0 Å². The van der Waals surface area contributed by atoms with Gasteiger partial charge in [-0.15, -0.1) is 10.2 Å². The number of benzene rings is 2. The largest absolute Gasteiger partial charge is 0.497 e. The Hall–Kier alpha value is -2.84. The van der Waals surface area contributed by atoms with Crippen LogP contribution in [0.4, 0.5) is 0 Å². The van der Waals surface area contributed by atoms with E-state index in [0.29, 0.717) is 18.1 Å². The molecule has 1 amide bonds. The lowest BCUT2D eigenvalue weighted by Gasteiger charge is -2.12. The molecular formula is C23H26N4O3S. The molecular weight excluding hydrogens is 412 g/mol. The number of ether oxygens (including phenoxy) is 2. The maximum atomic E-state index is 12.3. The molecule has 0 spiro atoms. The van der Waals surface area contributed by atoms with Crippen LogP contribution >= 0.6 is 11.8 Å². The van der Waals surface area contributed by atoms with Crippen LogP contribution in [-0.4, -0.2) is 52.8 Å². The number of aromatic nitrogens is 3. The lowest BCUT2D eigenvalue weighted by Crippen LogP contribution is -2.32. The number of amides is 1. The van der Waals surface area contributed by atoms with Crippen molar-refractivity contribution >= 4 is 17.7 Å². The molecule has 0 unspecified atom stereocenters. The van der Waals surface area contributed by atoms with Gasteiger partial charge in [-0.2, -0.15) is 0 Å². The molecule has 1 aromatic heterocycles. The molecule has 0 saturated carbocycles. The van der Waals surface area contributed by atoms with Gasteiger partial charge in [-0.25, -0.2) is 0 Å². The van der Waals surface area contributed by atoms with E-state index in [1.54, 1.807) is 7.11 Å². The van der Waals surface area contributed by atoms with E-state index >= 15 is 0 Å². The van der Waals surface area contributed by atoms with Gasteiger partial charge in [0, 0.05) is 25.3 Å². The van der Waals surface area contributed by atoms with Crippen LogP contribution in [0.15, 0.2) is 59.8 Å². The number of carbonyl (C=O) groups is 1. The molecule has 0 aliphatic carbocycles. The van der Waals surface area contributed by atoms with E-state index in [-0.39, 0.29) is 17.8 Å². The number of rotatable bonds is 9. The van der Waals surface area contributed by atoms with E-state index in [0.717, 1.165) is 42.3 Å². The molecule has 1 aliphatic rings. The standard InChI is InChI=1S/C23H26N4O3S/c1-29-19-11-9-18(10-12-19)27-21(14-17-6-3-2-4-7-17)25-26-23(27)31-16-22(28)24-15-20-8-5-13-30-20/h2-4,6-7,9-12,20H,5,8,13-16H2,1H3,(H,24,28)/t20-/m0/s1. The smallest absolute Gasteiger partial charge is 0.230 e. The minimum atomic E-state index is -0.0330. The van der Waals surface area contributed by atoms with Gasteiger partial charge in [-0.3, -0.25) is 9.36 Å². The fourth-order valence-corrected chi connectivity index (χ4v) is 4.29. The summed E-state index contributed by atoms with van der Waals surface area (Å²) in [6.07, 6.45) is 2.84. The van der Waals surface area contributed by atoms with Crippen LogP contribution in [0, 0.1) is 0 Å². The summed E-state index contributed by atoms with van der Waals surface area (Å²) < 4.78 is 12.8. The van der Waals surface area contributed by atoms with E-state index in [4.69, 9.17) is 9.47 Å². The summed E-state index contributed by atoms with van der Waals surface area (Å²) >= 11 is 1.38. The van der Waals surface area contributed by atoms with Gasteiger partial charge < -0.3 is 14.8 Å². The molecule has 7 nitrogen and oxygen atoms in total. The van der Waals surface area contributed by atoms with Crippen LogP contribution in [0.25, 0.3) is 5.69 Å². The minimum absolute atomic E-state index is 0.0330. The highest BCUT2D eigenvalue weighted by Gasteiger charge is 2.18. The molecule has 0 radical (unpaired) electrons. The first-order valence-electron chi connectivity index (χ1n) is 10.4. The van der Waals surface area contributed by atoms with E-state index < -0.39 is 0 Å². The summed E-state index contributed by atoms with van der Waals surface area (Å²) in [5.74, 6) is 1.84. The van der Waals surface area contributed by atoms with E-state index in [1.165, 1.54) is 11.8 Å². The van der Waals surface area contributed by atoms with Crippen molar-refractivity contribution < 1.29 is 14.3 Å². The lowest BCUT2D eigenvalue weighted by molar-refractivity contribution is -0.119. The number of hydrogen-bond acceptors (Lipinski definition) is 6. The van der Waals surface area contributed by atoms with Gasteiger partial charge in [-0.1, -0.05) is 42.1 Å². The van der Waals surface area contributed by atoms with Gasteiger partial charge in [0.15, 0.2) is 5.16 Å². The summed E-state index contributed by atoms with van der Waals surface area (Å²) in [6.45, 7) is 1.34.